The van der Waals surface area contributed by atoms with Gasteiger partial charge in [0.1, 0.15) is 5.69 Å². The minimum absolute atomic E-state index is 0.0295. The Labute approximate surface area is 156 Å². The van der Waals surface area contributed by atoms with E-state index in [4.69, 9.17) is 4.42 Å². The predicted molar refractivity (Wildman–Crippen MR) is 98.6 cm³/mol. The van der Waals surface area contributed by atoms with Gasteiger partial charge in [0, 0.05) is 20.0 Å². The largest absolute Gasteiger partial charge is 0.463 e. The van der Waals surface area contributed by atoms with Crippen LogP contribution in [0.3, 0.4) is 0 Å². The van der Waals surface area contributed by atoms with Gasteiger partial charge in [0.15, 0.2) is 11.5 Å². The minimum Gasteiger partial charge on any atom is -0.463 e. The summed E-state index contributed by atoms with van der Waals surface area (Å²) < 4.78 is 5.28. The van der Waals surface area contributed by atoms with Crippen LogP contribution in [0.25, 0.3) is 11.5 Å². The van der Waals surface area contributed by atoms with Gasteiger partial charge in [0.05, 0.1) is 30.7 Å². The van der Waals surface area contributed by atoms with Crippen molar-refractivity contribution in [3.05, 3.63) is 59.2 Å². The van der Waals surface area contributed by atoms with Crippen molar-refractivity contribution >= 4 is 11.8 Å². The number of nitrogens with zero attached hydrogens (tertiary/aromatic N) is 3. The molecule has 0 saturated carbocycles. The van der Waals surface area contributed by atoms with Crippen molar-refractivity contribution in [3.8, 4) is 11.5 Å². The van der Waals surface area contributed by atoms with Crippen LogP contribution in [-0.2, 0) is 17.9 Å². The number of carbonyl (C=O) groups excluding carboxylic acids is 2. The van der Waals surface area contributed by atoms with Gasteiger partial charge in [-0.05, 0) is 30.7 Å². The second-order valence-electron chi connectivity index (χ2n) is 6.27. The number of hydrogen-bond acceptors (Lipinski definition) is 5. The van der Waals surface area contributed by atoms with E-state index < -0.39 is 0 Å². The van der Waals surface area contributed by atoms with Crippen molar-refractivity contribution in [1.82, 2.24) is 25.4 Å². The normalized spacial score (nSPS) is 10.6. The molecule has 8 nitrogen and oxygen atoms in total. The van der Waals surface area contributed by atoms with Gasteiger partial charge in [0.25, 0.3) is 5.91 Å². The Morgan fingerprint density at radius 3 is 2.81 bits per heavy atom. The van der Waals surface area contributed by atoms with E-state index in [9.17, 15) is 9.59 Å². The van der Waals surface area contributed by atoms with Crippen molar-refractivity contribution in [2.75, 3.05) is 7.05 Å². The first-order valence-electron chi connectivity index (χ1n) is 8.48. The average Bonchev–Trinajstić information content (AvgIpc) is 3.33. The molecule has 0 spiro atoms. The molecule has 0 aliphatic heterocycles. The highest BCUT2D eigenvalue weighted by Gasteiger charge is 2.14. The maximum absolute atomic E-state index is 12.4. The summed E-state index contributed by atoms with van der Waals surface area (Å²) in [5.41, 5.74) is 3.38. The smallest absolute Gasteiger partial charge is 0.272 e. The highest BCUT2D eigenvalue weighted by atomic mass is 16.3. The number of rotatable bonds is 6. The van der Waals surface area contributed by atoms with E-state index in [-0.39, 0.29) is 24.1 Å². The standard InChI is InChI=1S/C19H21N5O3/c1-12-6-7-14(11-24(3)13(2)25)21-17(12)10-20-19(26)16-9-15(22-23-16)18-5-4-8-27-18/h4-9H,10-11H2,1-3H3,(H,20,26)(H,22,23). The Hall–Kier alpha value is -3.42. The summed E-state index contributed by atoms with van der Waals surface area (Å²) in [7, 11) is 1.72. The Bertz CT molecular complexity index is 946. The molecule has 0 atom stereocenters. The van der Waals surface area contributed by atoms with Gasteiger partial charge in [-0.2, -0.15) is 5.10 Å². The average molecular weight is 367 g/mol. The van der Waals surface area contributed by atoms with E-state index in [1.54, 1.807) is 36.4 Å². The van der Waals surface area contributed by atoms with Gasteiger partial charge in [-0.25, -0.2) is 0 Å². The number of hydrogen-bond donors (Lipinski definition) is 2. The molecular weight excluding hydrogens is 346 g/mol. The van der Waals surface area contributed by atoms with E-state index in [2.05, 4.69) is 20.5 Å². The highest BCUT2D eigenvalue weighted by Crippen LogP contribution is 2.17. The molecule has 0 aromatic carbocycles. The molecule has 27 heavy (non-hydrogen) atoms. The molecule has 0 saturated heterocycles. The van der Waals surface area contributed by atoms with Crippen LogP contribution in [0, 0.1) is 6.92 Å². The number of amides is 2. The van der Waals surface area contributed by atoms with Crippen molar-refractivity contribution in [1.29, 1.82) is 0 Å². The lowest BCUT2D eigenvalue weighted by atomic mass is 10.2. The fourth-order valence-electron chi connectivity index (χ4n) is 2.49. The molecule has 3 aromatic heterocycles. The summed E-state index contributed by atoms with van der Waals surface area (Å²) in [6.45, 7) is 4.13. The zero-order valence-electron chi connectivity index (χ0n) is 15.4. The molecule has 3 aromatic rings. The molecule has 0 unspecified atom stereocenters. The number of aromatic amines is 1. The lowest BCUT2D eigenvalue weighted by Crippen LogP contribution is -2.26. The fraction of sp³-hybridized carbons (Fsp3) is 0.263. The second-order valence-corrected chi connectivity index (χ2v) is 6.27. The van der Waals surface area contributed by atoms with Crippen molar-refractivity contribution in [2.24, 2.45) is 0 Å². The number of aryl methyl sites for hydroxylation is 1. The molecular formula is C19H21N5O3. The van der Waals surface area contributed by atoms with Crippen LogP contribution in [0.2, 0.25) is 0 Å². The maximum atomic E-state index is 12.4. The van der Waals surface area contributed by atoms with Crippen LogP contribution in [0.15, 0.2) is 41.0 Å². The first-order chi connectivity index (χ1) is 12.9. The zero-order valence-corrected chi connectivity index (χ0v) is 15.4. The van der Waals surface area contributed by atoms with Gasteiger partial charge in [-0.3, -0.25) is 19.7 Å². The summed E-state index contributed by atoms with van der Waals surface area (Å²) in [5.74, 6) is 0.274. The number of H-pyrrole nitrogens is 1. The third-order valence-electron chi connectivity index (χ3n) is 4.21. The molecule has 0 bridgehead atoms. The molecule has 0 aliphatic rings. The number of carbonyl (C=O) groups is 2. The first-order valence-corrected chi connectivity index (χ1v) is 8.48. The van der Waals surface area contributed by atoms with Crippen molar-refractivity contribution < 1.29 is 14.0 Å². The van der Waals surface area contributed by atoms with Crippen LogP contribution in [-0.4, -0.2) is 38.9 Å². The molecule has 2 N–H and O–H groups in total. The molecule has 0 radical (unpaired) electrons. The molecule has 8 heteroatoms. The summed E-state index contributed by atoms with van der Waals surface area (Å²) in [4.78, 5) is 29.9. The molecule has 0 fully saturated rings. The number of furan rings is 1. The molecule has 3 rings (SSSR count). The quantitative estimate of drug-likeness (QED) is 0.695. The van der Waals surface area contributed by atoms with E-state index in [0.717, 1.165) is 17.0 Å². The highest BCUT2D eigenvalue weighted by molar-refractivity contribution is 5.93. The van der Waals surface area contributed by atoms with Crippen LogP contribution >= 0.6 is 0 Å². The van der Waals surface area contributed by atoms with Gasteiger partial charge >= 0.3 is 0 Å². The Morgan fingerprint density at radius 2 is 2.11 bits per heavy atom. The first kappa shape index (κ1) is 18.4. The van der Waals surface area contributed by atoms with Crippen LogP contribution in [0.4, 0.5) is 0 Å². The fourth-order valence-corrected chi connectivity index (χ4v) is 2.49. The van der Waals surface area contributed by atoms with Crippen LogP contribution in [0.1, 0.15) is 34.4 Å². The van der Waals surface area contributed by atoms with Crippen LogP contribution in [0.5, 0.6) is 0 Å². The topological polar surface area (TPSA) is 104 Å². The molecule has 0 aliphatic carbocycles. The van der Waals surface area contributed by atoms with Gasteiger partial charge < -0.3 is 14.6 Å². The number of pyridine rings is 1. The van der Waals surface area contributed by atoms with Crippen molar-refractivity contribution in [3.63, 3.8) is 0 Å². The summed E-state index contributed by atoms with van der Waals surface area (Å²) in [5, 5.41) is 9.63. The Kier molecular flexibility index (Phi) is 5.35. The SMILES string of the molecule is CC(=O)N(C)Cc1ccc(C)c(CNC(=O)c2cc(-c3ccco3)[nH]n2)n1. The second kappa shape index (κ2) is 7.86. The summed E-state index contributed by atoms with van der Waals surface area (Å²) >= 11 is 0. The zero-order chi connectivity index (χ0) is 19.4. The lowest BCUT2D eigenvalue weighted by molar-refractivity contribution is -0.128. The van der Waals surface area contributed by atoms with Crippen molar-refractivity contribution in [2.45, 2.75) is 26.9 Å². The van der Waals surface area contributed by atoms with E-state index in [1.807, 2.05) is 19.1 Å². The molecule has 2 amide bonds. The third kappa shape index (κ3) is 4.41. The van der Waals surface area contributed by atoms with E-state index in [1.165, 1.54) is 6.92 Å². The Balaban J connectivity index is 1.65. The lowest BCUT2D eigenvalue weighted by Gasteiger charge is -2.15. The monoisotopic (exact) mass is 367 g/mol. The predicted octanol–water partition coefficient (Wildman–Crippen LogP) is 2.28. The summed E-state index contributed by atoms with van der Waals surface area (Å²) in [6.07, 6.45) is 1.56. The number of aromatic nitrogens is 3. The Morgan fingerprint density at radius 1 is 1.30 bits per heavy atom. The number of nitrogens with one attached hydrogen (secondary N) is 2. The summed E-state index contributed by atoms with van der Waals surface area (Å²) in [6, 6.07) is 8.99. The molecule has 140 valence electrons. The maximum Gasteiger partial charge on any atom is 0.272 e. The minimum atomic E-state index is -0.309. The van der Waals surface area contributed by atoms with Gasteiger partial charge in [-0.1, -0.05) is 6.07 Å². The van der Waals surface area contributed by atoms with Gasteiger partial charge in [-0.15, -0.1) is 0 Å². The third-order valence-corrected chi connectivity index (χ3v) is 4.21. The van der Waals surface area contributed by atoms with Crippen LogP contribution < -0.4 is 5.32 Å². The van der Waals surface area contributed by atoms with Gasteiger partial charge in [0.2, 0.25) is 5.91 Å². The van der Waals surface area contributed by atoms with E-state index >= 15 is 0 Å². The molecule has 3 heterocycles. The van der Waals surface area contributed by atoms with E-state index in [0.29, 0.717) is 18.0 Å².